The molecule has 8 aromatic rings. The molecule has 8 aromatic carbocycles. The minimum Gasteiger partial charge on any atom is -0.489 e. The Labute approximate surface area is 390 Å². The van der Waals surface area contributed by atoms with Gasteiger partial charge in [0.25, 0.3) is 0 Å². The molecule has 66 heavy (non-hydrogen) atoms. The summed E-state index contributed by atoms with van der Waals surface area (Å²) in [6.45, 7) is 17.4. The van der Waals surface area contributed by atoms with Gasteiger partial charge in [0.2, 0.25) is 0 Å². The zero-order valence-corrected chi connectivity index (χ0v) is 37.2. The maximum atomic E-state index is 6.30. The summed E-state index contributed by atoms with van der Waals surface area (Å²) in [7, 11) is 0. The van der Waals surface area contributed by atoms with E-state index in [2.05, 4.69) is 220 Å². The first-order valence-electron chi connectivity index (χ1n) is 22.2. The molecular weight excluding hydrogens is 809 g/mol. The van der Waals surface area contributed by atoms with Crippen molar-refractivity contribution in [2.24, 2.45) is 0 Å². The van der Waals surface area contributed by atoms with E-state index in [9.17, 15) is 0 Å². The lowest BCUT2D eigenvalue weighted by Gasteiger charge is -2.30. The van der Waals surface area contributed by atoms with Crippen LogP contribution in [0.25, 0.3) is 24.3 Å². The molecule has 0 radical (unpaired) electrons. The predicted octanol–water partition coefficient (Wildman–Crippen LogP) is 15.5. The van der Waals surface area contributed by atoms with E-state index in [1.54, 1.807) is 0 Å². The number of ether oxygens (including phenoxy) is 4. The average molecular weight is 863 g/mol. The Morgan fingerprint density at radius 3 is 0.606 bits per heavy atom. The van der Waals surface area contributed by atoms with Gasteiger partial charge >= 0.3 is 0 Å². The normalized spacial score (nSPS) is 10.9. The quantitative estimate of drug-likeness (QED) is 0.0721. The first-order valence-corrected chi connectivity index (χ1v) is 22.2. The summed E-state index contributed by atoms with van der Waals surface area (Å²) in [5.41, 5.74) is 13.3. The van der Waals surface area contributed by atoms with E-state index in [0.29, 0.717) is 26.4 Å². The van der Waals surface area contributed by atoms with E-state index in [1.165, 1.54) is 0 Å². The number of rotatable bonds is 21. The van der Waals surface area contributed by atoms with Gasteiger partial charge in [0.15, 0.2) is 0 Å². The van der Waals surface area contributed by atoms with Gasteiger partial charge in [0, 0.05) is 11.8 Å². The summed E-state index contributed by atoms with van der Waals surface area (Å²) in [6, 6.07) is 67.1. The zero-order valence-electron chi connectivity index (χ0n) is 37.2. The molecule has 0 fully saturated rings. The second-order valence-corrected chi connectivity index (χ2v) is 16.2. The Hall–Kier alpha value is -8.08. The van der Waals surface area contributed by atoms with Gasteiger partial charge in [-0.1, -0.05) is 196 Å². The van der Waals surface area contributed by atoms with Crippen LogP contribution in [-0.4, -0.2) is 0 Å². The van der Waals surface area contributed by atoms with Crippen LogP contribution in [0.1, 0.15) is 78.6 Å². The van der Waals surface area contributed by atoms with Crippen LogP contribution in [0, 0.1) is 0 Å². The summed E-state index contributed by atoms with van der Waals surface area (Å²) in [4.78, 5) is 0. The molecule has 0 bridgehead atoms. The van der Waals surface area contributed by atoms with E-state index in [0.717, 1.165) is 89.8 Å². The fourth-order valence-electron chi connectivity index (χ4n) is 7.91. The molecule has 0 amide bonds. The maximum absolute atomic E-state index is 6.30. The van der Waals surface area contributed by atoms with Crippen molar-refractivity contribution in [2.75, 3.05) is 0 Å². The van der Waals surface area contributed by atoms with Crippen molar-refractivity contribution in [1.29, 1.82) is 0 Å². The van der Waals surface area contributed by atoms with Gasteiger partial charge in [-0.15, -0.1) is 0 Å². The molecular formula is C62H54O4. The minimum absolute atomic E-state index is 0.101. The second-order valence-electron chi connectivity index (χ2n) is 16.2. The fourth-order valence-corrected chi connectivity index (χ4v) is 7.91. The Morgan fingerprint density at radius 2 is 0.439 bits per heavy atom. The summed E-state index contributed by atoms with van der Waals surface area (Å²) >= 11 is 0. The van der Waals surface area contributed by atoms with E-state index >= 15 is 0 Å². The lowest BCUT2D eigenvalue weighted by molar-refractivity contribution is 0.305. The van der Waals surface area contributed by atoms with Crippen LogP contribution in [0.5, 0.6) is 23.0 Å². The maximum Gasteiger partial charge on any atom is 0.119 e. The van der Waals surface area contributed by atoms with Crippen molar-refractivity contribution < 1.29 is 18.9 Å². The Balaban J connectivity index is 1.11. The van der Waals surface area contributed by atoms with Crippen LogP contribution >= 0.6 is 0 Å². The molecule has 0 aliphatic heterocycles. The number of benzene rings is 8. The highest BCUT2D eigenvalue weighted by Crippen LogP contribution is 2.44. The second kappa shape index (κ2) is 22.0. The summed E-state index contributed by atoms with van der Waals surface area (Å²) in [5.74, 6) is 2.99. The summed E-state index contributed by atoms with van der Waals surface area (Å²) < 4.78 is 25.2. The summed E-state index contributed by atoms with van der Waals surface area (Å²) in [5, 5.41) is 0. The van der Waals surface area contributed by atoms with Gasteiger partial charge < -0.3 is 18.9 Å². The standard InChI is InChI=1S/C62H54O4/c1-5-45-9-17-49(18-10-45)41-63-57-33-25-53(26-34-57)61(54-27-35-58(36-28-54)64-42-50-19-11-46(6-2)12-20-50)62(55-29-37-59(38-30-55)65-43-51-21-13-47(7-3)14-22-51)56-31-39-60(40-32-56)66-44-52-23-15-48(8-4)16-24-52/h5-40,61-62H,1-4,41-44H2. The minimum atomic E-state index is -0.101. The van der Waals surface area contributed by atoms with Crippen molar-refractivity contribution in [3.63, 3.8) is 0 Å². The van der Waals surface area contributed by atoms with E-state index in [-0.39, 0.29) is 11.8 Å². The first kappa shape index (κ1) is 44.5. The van der Waals surface area contributed by atoms with Crippen LogP contribution in [0.15, 0.2) is 220 Å². The van der Waals surface area contributed by atoms with Crippen LogP contribution < -0.4 is 18.9 Å². The largest absolute Gasteiger partial charge is 0.489 e. The van der Waals surface area contributed by atoms with Gasteiger partial charge in [-0.2, -0.15) is 0 Å². The smallest absolute Gasteiger partial charge is 0.119 e. The molecule has 0 atom stereocenters. The third-order valence-corrected chi connectivity index (χ3v) is 11.8. The van der Waals surface area contributed by atoms with Crippen LogP contribution in [-0.2, 0) is 26.4 Å². The van der Waals surface area contributed by atoms with Crippen LogP contribution in [0.2, 0.25) is 0 Å². The molecule has 326 valence electrons. The molecule has 0 saturated heterocycles. The van der Waals surface area contributed by atoms with Crippen LogP contribution in [0.3, 0.4) is 0 Å². The molecule has 8 rings (SSSR count). The Bertz CT molecular complexity index is 2410. The number of hydrogen-bond acceptors (Lipinski definition) is 4. The number of hydrogen-bond donors (Lipinski definition) is 0. The molecule has 0 N–H and O–H groups in total. The molecule has 0 heterocycles. The van der Waals surface area contributed by atoms with Crippen molar-refractivity contribution in [2.45, 2.75) is 38.3 Å². The highest BCUT2D eigenvalue weighted by Gasteiger charge is 2.29. The van der Waals surface area contributed by atoms with Gasteiger partial charge in [-0.05, 0) is 115 Å². The van der Waals surface area contributed by atoms with Gasteiger partial charge in [0.1, 0.15) is 49.4 Å². The van der Waals surface area contributed by atoms with Gasteiger partial charge in [-0.3, -0.25) is 0 Å². The van der Waals surface area contributed by atoms with E-state index < -0.39 is 0 Å². The van der Waals surface area contributed by atoms with Gasteiger partial charge in [-0.25, -0.2) is 0 Å². The van der Waals surface area contributed by atoms with Crippen molar-refractivity contribution in [3.8, 4) is 23.0 Å². The van der Waals surface area contributed by atoms with Crippen molar-refractivity contribution >= 4 is 24.3 Å². The van der Waals surface area contributed by atoms with E-state index in [4.69, 9.17) is 18.9 Å². The lowest BCUT2D eigenvalue weighted by atomic mass is 9.73. The third-order valence-electron chi connectivity index (χ3n) is 11.8. The fraction of sp³-hybridized carbons (Fsp3) is 0.0968. The molecule has 4 nitrogen and oxygen atoms in total. The lowest BCUT2D eigenvalue weighted by Crippen LogP contribution is -2.15. The SMILES string of the molecule is C=Cc1ccc(COc2ccc(C(c3ccc(OCc4ccc(C=C)cc4)cc3)C(c3ccc(OCc4ccc(C=C)cc4)cc3)c3ccc(OCc4ccc(C=C)cc4)cc3)cc2)cc1. The Kier molecular flexibility index (Phi) is 14.9. The Morgan fingerprint density at radius 1 is 0.258 bits per heavy atom. The highest BCUT2D eigenvalue weighted by atomic mass is 16.5. The third kappa shape index (κ3) is 11.7. The highest BCUT2D eigenvalue weighted by molar-refractivity contribution is 5.51. The predicted molar refractivity (Wildman–Crippen MR) is 273 cm³/mol. The average Bonchev–Trinajstić information content (AvgIpc) is 3.39. The van der Waals surface area contributed by atoms with Crippen molar-refractivity contribution in [3.05, 3.63) is 287 Å². The van der Waals surface area contributed by atoms with Crippen molar-refractivity contribution in [1.82, 2.24) is 0 Å². The topological polar surface area (TPSA) is 36.9 Å². The zero-order chi connectivity index (χ0) is 45.5. The molecule has 0 aromatic heterocycles. The van der Waals surface area contributed by atoms with E-state index in [1.807, 2.05) is 24.3 Å². The monoisotopic (exact) mass is 862 g/mol. The molecule has 0 saturated carbocycles. The molecule has 0 unspecified atom stereocenters. The van der Waals surface area contributed by atoms with Crippen LogP contribution in [0.4, 0.5) is 0 Å². The molecule has 0 aliphatic carbocycles. The first-order chi connectivity index (χ1) is 32.5. The summed E-state index contributed by atoms with van der Waals surface area (Å²) in [6.07, 6.45) is 7.38. The molecule has 4 heteroatoms. The molecule has 0 aliphatic rings. The molecule has 0 spiro atoms. The van der Waals surface area contributed by atoms with Gasteiger partial charge in [0.05, 0.1) is 0 Å².